The highest BCUT2D eigenvalue weighted by atomic mass is 32.1. The van der Waals surface area contributed by atoms with Gasteiger partial charge in [0.2, 0.25) is 0 Å². The van der Waals surface area contributed by atoms with Gasteiger partial charge < -0.3 is 10.6 Å². The summed E-state index contributed by atoms with van der Waals surface area (Å²) in [6.45, 7) is 4.11. The third-order valence-corrected chi connectivity index (χ3v) is 5.29. The number of rotatable bonds is 5. The van der Waals surface area contributed by atoms with Crippen molar-refractivity contribution in [1.82, 2.24) is 21.5 Å². The van der Waals surface area contributed by atoms with Gasteiger partial charge in [0.15, 0.2) is 5.11 Å². The quantitative estimate of drug-likeness (QED) is 0.332. The zero-order valence-electron chi connectivity index (χ0n) is 15.9. The Labute approximate surface area is 168 Å². The van der Waals surface area contributed by atoms with Gasteiger partial charge in [-0.15, -0.1) is 0 Å². The minimum absolute atomic E-state index is 0.104. The fourth-order valence-electron chi connectivity index (χ4n) is 3.18. The van der Waals surface area contributed by atoms with Gasteiger partial charge >= 0.3 is 0 Å². The van der Waals surface area contributed by atoms with E-state index in [-0.39, 0.29) is 23.8 Å². The first-order valence-electron chi connectivity index (χ1n) is 9.16. The van der Waals surface area contributed by atoms with Crippen molar-refractivity contribution in [3.05, 3.63) is 39.9 Å². The summed E-state index contributed by atoms with van der Waals surface area (Å²) in [5.41, 5.74) is 4.96. The van der Waals surface area contributed by atoms with Gasteiger partial charge in [-0.05, 0) is 36.5 Å². The summed E-state index contributed by atoms with van der Waals surface area (Å²) in [6.07, 6.45) is 3.38. The Kier molecular flexibility index (Phi) is 7.68. The van der Waals surface area contributed by atoms with E-state index >= 15 is 0 Å². The van der Waals surface area contributed by atoms with E-state index in [0.717, 1.165) is 18.9 Å². The average Bonchev–Trinajstić information content (AvgIpc) is 2.68. The smallest absolute Gasteiger partial charge is 0.270 e. The van der Waals surface area contributed by atoms with Crippen LogP contribution in [0.2, 0.25) is 0 Å². The molecule has 1 saturated carbocycles. The number of hydrogen-bond donors (Lipinski definition) is 4. The molecule has 1 aliphatic rings. The molecular weight excluding hydrogens is 382 g/mol. The Balaban J connectivity index is 1.73. The van der Waals surface area contributed by atoms with Gasteiger partial charge in [-0.25, -0.2) is 0 Å². The Morgan fingerprint density at radius 3 is 2.71 bits per heavy atom. The maximum atomic E-state index is 12.0. The van der Waals surface area contributed by atoms with Crippen molar-refractivity contribution >= 4 is 34.8 Å². The number of benzene rings is 1. The maximum absolute atomic E-state index is 12.0. The molecule has 152 valence electrons. The standard InChI is InChI=1S/C18H25N5O4S/c1-11-5-3-8-15(12(11)2)20-18(28)22-21-16(24)10-19-17(25)13-6-4-7-14(9-13)23(26)27/h4,6-7,9,11-12,15H,3,5,8,10H2,1-2H3,(H,19,25)(H,21,24)(H2,20,22,28)/t11-,12+,15+/m0/s1. The van der Waals surface area contributed by atoms with Crippen LogP contribution in [-0.2, 0) is 4.79 Å². The summed E-state index contributed by atoms with van der Waals surface area (Å²) in [4.78, 5) is 34.1. The predicted octanol–water partition coefficient (Wildman–Crippen LogP) is 1.64. The monoisotopic (exact) mass is 407 g/mol. The van der Waals surface area contributed by atoms with E-state index in [2.05, 4.69) is 35.3 Å². The number of thiocarbonyl (C=S) groups is 1. The second-order valence-corrected chi connectivity index (χ2v) is 7.42. The highest BCUT2D eigenvalue weighted by Crippen LogP contribution is 2.29. The molecule has 1 aromatic carbocycles. The van der Waals surface area contributed by atoms with E-state index in [1.807, 2.05) is 0 Å². The number of non-ortho nitro benzene ring substituents is 1. The molecule has 0 aromatic heterocycles. The molecule has 4 N–H and O–H groups in total. The van der Waals surface area contributed by atoms with Crippen LogP contribution in [0.4, 0.5) is 5.69 Å². The molecule has 28 heavy (non-hydrogen) atoms. The molecule has 2 amide bonds. The van der Waals surface area contributed by atoms with Gasteiger partial charge in [-0.1, -0.05) is 32.8 Å². The average molecular weight is 407 g/mol. The maximum Gasteiger partial charge on any atom is 0.270 e. The number of nitro groups is 1. The molecule has 0 heterocycles. The van der Waals surface area contributed by atoms with Crippen LogP contribution in [0.5, 0.6) is 0 Å². The van der Waals surface area contributed by atoms with Crippen molar-refractivity contribution < 1.29 is 14.5 Å². The molecule has 1 aliphatic carbocycles. The number of hydrazine groups is 1. The summed E-state index contributed by atoms with van der Waals surface area (Å²) in [5.74, 6) is 0.0312. The SMILES string of the molecule is C[C@@H]1[C@@H](C)CCC[C@H]1NC(=S)NNC(=O)CNC(=O)c1cccc([N+](=O)[O-])c1. The molecule has 0 saturated heterocycles. The zero-order chi connectivity index (χ0) is 20.7. The molecule has 0 spiro atoms. The number of nitrogens with one attached hydrogen (secondary N) is 4. The predicted molar refractivity (Wildman–Crippen MR) is 108 cm³/mol. The van der Waals surface area contributed by atoms with Crippen LogP contribution in [0.1, 0.15) is 43.5 Å². The third kappa shape index (κ3) is 6.15. The van der Waals surface area contributed by atoms with Crippen molar-refractivity contribution in [2.75, 3.05) is 6.54 Å². The lowest BCUT2D eigenvalue weighted by Crippen LogP contribution is -2.53. The van der Waals surface area contributed by atoms with E-state index in [4.69, 9.17) is 12.2 Å². The number of hydrogen-bond acceptors (Lipinski definition) is 5. The Bertz CT molecular complexity index is 757. The van der Waals surface area contributed by atoms with Crippen LogP contribution in [0.15, 0.2) is 24.3 Å². The van der Waals surface area contributed by atoms with Crippen molar-refractivity contribution in [2.24, 2.45) is 11.8 Å². The Morgan fingerprint density at radius 1 is 1.25 bits per heavy atom. The third-order valence-electron chi connectivity index (χ3n) is 5.07. The second-order valence-electron chi connectivity index (χ2n) is 7.01. The fourth-order valence-corrected chi connectivity index (χ4v) is 3.39. The van der Waals surface area contributed by atoms with Crippen molar-refractivity contribution in [1.29, 1.82) is 0 Å². The molecule has 9 nitrogen and oxygen atoms in total. The normalized spacial score (nSPS) is 21.3. The Morgan fingerprint density at radius 2 is 2.00 bits per heavy atom. The fraction of sp³-hybridized carbons (Fsp3) is 0.500. The zero-order valence-corrected chi connectivity index (χ0v) is 16.7. The number of nitrogens with zero attached hydrogens (tertiary/aromatic N) is 1. The van der Waals surface area contributed by atoms with Crippen LogP contribution in [0, 0.1) is 22.0 Å². The van der Waals surface area contributed by atoms with Crippen molar-refractivity contribution in [3.63, 3.8) is 0 Å². The highest BCUT2D eigenvalue weighted by molar-refractivity contribution is 7.80. The lowest BCUT2D eigenvalue weighted by atomic mass is 9.78. The van der Waals surface area contributed by atoms with E-state index in [1.165, 1.54) is 24.6 Å². The number of nitro benzene ring substituents is 1. The van der Waals surface area contributed by atoms with Crippen molar-refractivity contribution in [3.8, 4) is 0 Å². The number of carbonyl (C=O) groups is 2. The van der Waals surface area contributed by atoms with Crippen molar-refractivity contribution in [2.45, 2.75) is 39.2 Å². The lowest BCUT2D eigenvalue weighted by Gasteiger charge is -2.35. The van der Waals surface area contributed by atoms with Crippen LogP contribution < -0.4 is 21.5 Å². The summed E-state index contributed by atoms with van der Waals surface area (Å²) >= 11 is 5.21. The van der Waals surface area contributed by atoms with Gasteiger partial charge in [0.1, 0.15) is 0 Å². The first-order valence-corrected chi connectivity index (χ1v) is 9.56. The Hall–Kier alpha value is -2.75. The highest BCUT2D eigenvalue weighted by Gasteiger charge is 2.27. The van der Waals surface area contributed by atoms with Crippen LogP contribution in [-0.4, -0.2) is 34.4 Å². The van der Waals surface area contributed by atoms with Gasteiger partial charge in [0.05, 0.1) is 11.5 Å². The number of carbonyl (C=O) groups excluding carboxylic acids is 2. The summed E-state index contributed by atoms with van der Waals surface area (Å²) < 4.78 is 0. The van der Waals surface area contributed by atoms with E-state index < -0.39 is 16.7 Å². The molecule has 2 rings (SSSR count). The van der Waals surface area contributed by atoms with Crippen LogP contribution in [0.25, 0.3) is 0 Å². The van der Waals surface area contributed by atoms with Gasteiger partial charge in [0.25, 0.3) is 17.5 Å². The summed E-state index contributed by atoms with van der Waals surface area (Å²) in [5, 5.41) is 16.7. The minimum Gasteiger partial charge on any atom is -0.358 e. The largest absolute Gasteiger partial charge is 0.358 e. The van der Waals surface area contributed by atoms with Gasteiger partial charge in [-0.3, -0.25) is 30.6 Å². The van der Waals surface area contributed by atoms with E-state index in [0.29, 0.717) is 16.9 Å². The van der Waals surface area contributed by atoms with Crippen LogP contribution in [0.3, 0.4) is 0 Å². The second kappa shape index (κ2) is 9.98. The first kappa shape index (κ1) is 21.5. The molecule has 3 atom stereocenters. The molecule has 0 unspecified atom stereocenters. The molecule has 0 aliphatic heterocycles. The number of amides is 2. The van der Waals surface area contributed by atoms with Gasteiger partial charge in [-0.2, -0.15) is 0 Å². The first-order chi connectivity index (χ1) is 13.3. The lowest BCUT2D eigenvalue weighted by molar-refractivity contribution is -0.384. The molecule has 10 heteroatoms. The van der Waals surface area contributed by atoms with E-state index in [9.17, 15) is 19.7 Å². The molecule has 0 bridgehead atoms. The van der Waals surface area contributed by atoms with E-state index in [1.54, 1.807) is 0 Å². The minimum atomic E-state index is -0.588. The summed E-state index contributed by atoms with van der Waals surface area (Å²) in [6, 6.07) is 5.54. The molecule has 0 radical (unpaired) electrons. The molecule has 1 aromatic rings. The topological polar surface area (TPSA) is 125 Å². The molecular formula is C18H25N5O4S. The van der Waals surface area contributed by atoms with Gasteiger partial charge in [0, 0.05) is 23.7 Å². The molecule has 1 fully saturated rings. The van der Waals surface area contributed by atoms with Crippen LogP contribution >= 0.6 is 12.2 Å². The summed E-state index contributed by atoms with van der Waals surface area (Å²) in [7, 11) is 0.